The second-order valence-corrected chi connectivity index (χ2v) is 6.17. The molecule has 0 spiro atoms. The van der Waals surface area contributed by atoms with Gasteiger partial charge in [-0.3, -0.25) is 9.59 Å². The summed E-state index contributed by atoms with van der Waals surface area (Å²) in [6.07, 6.45) is -2.55. The van der Waals surface area contributed by atoms with Crippen molar-refractivity contribution in [3.8, 4) is 0 Å². The molecule has 0 fully saturated rings. The van der Waals surface area contributed by atoms with Gasteiger partial charge in [-0.2, -0.15) is 13.2 Å². The number of anilines is 2. The molecule has 0 saturated carbocycles. The summed E-state index contributed by atoms with van der Waals surface area (Å²) in [5.41, 5.74) is 0.381. The zero-order valence-corrected chi connectivity index (χ0v) is 15.4. The monoisotopic (exact) mass is 393 g/mol. The second-order valence-electron chi connectivity index (χ2n) is 6.17. The first-order valence-corrected chi connectivity index (χ1v) is 8.89. The van der Waals surface area contributed by atoms with Crippen LogP contribution in [0.4, 0.5) is 24.5 Å². The minimum Gasteiger partial charge on any atom is -0.376 e. The van der Waals surface area contributed by atoms with E-state index < -0.39 is 17.6 Å². The molecule has 2 amide bonds. The number of carbonyl (C=O) groups excluding carboxylic acids is 2. The number of hydrogen-bond acceptors (Lipinski definition) is 3. The highest BCUT2D eigenvalue weighted by atomic mass is 19.4. The summed E-state index contributed by atoms with van der Waals surface area (Å²) in [6.45, 7) is 2.45. The Morgan fingerprint density at radius 1 is 1.00 bits per heavy atom. The number of alkyl halides is 3. The average Bonchev–Trinajstić information content (AvgIpc) is 2.66. The third kappa shape index (κ3) is 6.61. The van der Waals surface area contributed by atoms with Gasteiger partial charge in [0.1, 0.15) is 0 Å². The fourth-order valence-corrected chi connectivity index (χ4v) is 2.38. The molecule has 150 valence electrons. The molecule has 0 atom stereocenters. The number of amides is 2. The van der Waals surface area contributed by atoms with Crippen molar-refractivity contribution in [2.24, 2.45) is 0 Å². The van der Waals surface area contributed by atoms with E-state index in [9.17, 15) is 22.8 Å². The maximum absolute atomic E-state index is 12.7. The van der Waals surface area contributed by atoms with Gasteiger partial charge in [-0.05, 0) is 48.9 Å². The van der Waals surface area contributed by atoms with Crippen molar-refractivity contribution in [3.63, 3.8) is 0 Å². The molecule has 2 aromatic rings. The van der Waals surface area contributed by atoms with E-state index in [0.29, 0.717) is 17.8 Å². The Kier molecular flexibility index (Phi) is 7.43. The SMILES string of the molecule is CCCCNC(=O)c1ccc(NC(=O)CNc2cccc(C(F)(F)F)c2)cc1. The van der Waals surface area contributed by atoms with Gasteiger partial charge in [0.2, 0.25) is 5.91 Å². The summed E-state index contributed by atoms with van der Waals surface area (Å²) in [4.78, 5) is 23.9. The van der Waals surface area contributed by atoms with E-state index >= 15 is 0 Å². The van der Waals surface area contributed by atoms with Gasteiger partial charge in [-0.15, -0.1) is 0 Å². The van der Waals surface area contributed by atoms with Crippen LogP contribution in [0.25, 0.3) is 0 Å². The van der Waals surface area contributed by atoms with Gasteiger partial charge in [0.05, 0.1) is 12.1 Å². The molecule has 0 saturated heterocycles. The lowest BCUT2D eigenvalue weighted by molar-refractivity contribution is -0.137. The third-order valence-electron chi connectivity index (χ3n) is 3.89. The molecule has 5 nitrogen and oxygen atoms in total. The summed E-state index contributed by atoms with van der Waals surface area (Å²) in [5, 5.41) is 8.08. The number of rotatable bonds is 8. The van der Waals surface area contributed by atoms with Crippen LogP contribution >= 0.6 is 0 Å². The molecule has 0 radical (unpaired) electrons. The number of hydrogen-bond donors (Lipinski definition) is 3. The van der Waals surface area contributed by atoms with Crippen molar-refractivity contribution in [2.45, 2.75) is 25.9 Å². The van der Waals surface area contributed by atoms with Crippen molar-refractivity contribution in [3.05, 3.63) is 59.7 Å². The van der Waals surface area contributed by atoms with Gasteiger partial charge in [-0.1, -0.05) is 19.4 Å². The van der Waals surface area contributed by atoms with Crippen LogP contribution in [0.3, 0.4) is 0 Å². The van der Waals surface area contributed by atoms with Crippen molar-refractivity contribution in [2.75, 3.05) is 23.7 Å². The molecule has 0 bridgehead atoms. The predicted octanol–water partition coefficient (Wildman–Crippen LogP) is 4.29. The Morgan fingerprint density at radius 2 is 1.71 bits per heavy atom. The lowest BCUT2D eigenvalue weighted by Crippen LogP contribution is -2.24. The standard InChI is InChI=1S/C20H22F3N3O2/c1-2-3-11-24-19(28)14-7-9-16(10-8-14)26-18(27)13-25-17-6-4-5-15(12-17)20(21,22)23/h4-10,12,25H,2-3,11,13H2,1H3,(H,24,28)(H,26,27). The zero-order chi connectivity index (χ0) is 20.6. The Balaban J connectivity index is 1.85. The van der Waals surface area contributed by atoms with E-state index in [4.69, 9.17) is 0 Å². The Morgan fingerprint density at radius 3 is 2.36 bits per heavy atom. The van der Waals surface area contributed by atoms with Crippen molar-refractivity contribution >= 4 is 23.2 Å². The maximum atomic E-state index is 12.7. The van der Waals surface area contributed by atoms with Crippen LogP contribution in [-0.4, -0.2) is 24.9 Å². The van der Waals surface area contributed by atoms with Gasteiger partial charge in [0, 0.05) is 23.5 Å². The van der Waals surface area contributed by atoms with E-state index in [1.165, 1.54) is 12.1 Å². The van der Waals surface area contributed by atoms with Gasteiger partial charge >= 0.3 is 6.18 Å². The van der Waals surface area contributed by atoms with Crippen LogP contribution in [0.2, 0.25) is 0 Å². The molecule has 2 aromatic carbocycles. The van der Waals surface area contributed by atoms with Crippen LogP contribution in [0, 0.1) is 0 Å². The fourth-order valence-electron chi connectivity index (χ4n) is 2.38. The molecule has 0 aliphatic rings. The summed E-state index contributed by atoms with van der Waals surface area (Å²) < 4.78 is 38.1. The summed E-state index contributed by atoms with van der Waals surface area (Å²) in [5.74, 6) is -0.602. The molecule has 2 rings (SSSR count). The number of unbranched alkanes of at least 4 members (excludes halogenated alkanes) is 1. The normalized spacial score (nSPS) is 11.0. The maximum Gasteiger partial charge on any atom is 0.416 e. The first kappa shape index (κ1) is 21.3. The third-order valence-corrected chi connectivity index (χ3v) is 3.89. The summed E-state index contributed by atoms with van der Waals surface area (Å²) >= 11 is 0. The van der Waals surface area contributed by atoms with Gasteiger partial charge in [-0.25, -0.2) is 0 Å². The summed E-state index contributed by atoms with van der Waals surface area (Å²) in [7, 11) is 0. The highest BCUT2D eigenvalue weighted by molar-refractivity contribution is 5.96. The lowest BCUT2D eigenvalue weighted by atomic mass is 10.2. The topological polar surface area (TPSA) is 70.2 Å². The van der Waals surface area contributed by atoms with E-state index in [1.807, 2.05) is 6.92 Å². The largest absolute Gasteiger partial charge is 0.416 e. The molecule has 0 unspecified atom stereocenters. The fraction of sp³-hybridized carbons (Fsp3) is 0.300. The molecule has 0 heterocycles. The van der Waals surface area contributed by atoms with Crippen LogP contribution in [0.5, 0.6) is 0 Å². The van der Waals surface area contributed by atoms with Crippen LogP contribution in [0.1, 0.15) is 35.7 Å². The quantitative estimate of drug-likeness (QED) is 0.586. The average molecular weight is 393 g/mol. The minimum atomic E-state index is -4.44. The highest BCUT2D eigenvalue weighted by Gasteiger charge is 2.30. The molecule has 28 heavy (non-hydrogen) atoms. The van der Waals surface area contributed by atoms with Gasteiger partial charge < -0.3 is 16.0 Å². The molecule has 0 aliphatic carbocycles. The molecule has 8 heteroatoms. The summed E-state index contributed by atoms with van der Waals surface area (Å²) in [6, 6.07) is 11.0. The number of halogens is 3. The minimum absolute atomic E-state index is 0.183. The Hall–Kier alpha value is -3.03. The molecule has 3 N–H and O–H groups in total. The highest BCUT2D eigenvalue weighted by Crippen LogP contribution is 2.30. The van der Waals surface area contributed by atoms with Gasteiger partial charge in [0.15, 0.2) is 0 Å². The molecular weight excluding hydrogens is 371 g/mol. The van der Waals surface area contributed by atoms with Gasteiger partial charge in [0.25, 0.3) is 5.91 Å². The zero-order valence-electron chi connectivity index (χ0n) is 15.4. The predicted molar refractivity (Wildman–Crippen MR) is 102 cm³/mol. The second kappa shape index (κ2) is 9.77. The van der Waals surface area contributed by atoms with Crippen LogP contribution < -0.4 is 16.0 Å². The van der Waals surface area contributed by atoms with E-state index in [2.05, 4.69) is 16.0 Å². The number of carbonyl (C=O) groups is 2. The first-order chi connectivity index (χ1) is 13.3. The molecule has 0 aromatic heterocycles. The van der Waals surface area contributed by atoms with Crippen molar-refractivity contribution in [1.82, 2.24) is 5.32 Å². The number of nitrogens with one attached hydrogen (secondary N) is 3. The Bertz CT molecular complexity index is 805. The first-order valence-electron chi connectivity index (χ1n) is 8.89. The van der Waals surface area contributed by atoms with E-state index in [1.54, 1.807) is 24.3 Å². The Labute approximate surface area is 161 Å². The molecular formula is C20H22F3N3O2. The van der Waals surface area contributed by atoms with E-state index in [-0.39, 0.29) is 18.1 Å². The molecule has 0 aliphatic heterocycles. The lowest BCUT2D eigenvalue weighted by Gasteiger charge is -2.11. The van der Waals surface area contributed by atoms with E-state index in [0.717, 1.165) is 25.0 Å². The van der Waals surface area contributed by atoms with Crippen LogP contribution in [0.15, 0.2) is 48.5 Å². The number of benzene rings is 2. The van der Waals surface area contributed by atoms with Crippen molar-refractivity contribution in [1.29, 1.82) is 0 Å². The smallest absolute Gasteiger partial charge is 0.376 e. The van der Waals surface area contributed by atoms with Crippen LogP contribution in [-0.2, 0) is 11.0 Å². The van der Waals surface area contributed by atoms with Crippen molar-refractivity contribution < 1.29 is 22.8 Å².